The lowest BCUT2D eigenvalue weighted by Crippen LogP contribution is -2.05. The van der Waals surface area contributed by atoms with Crippen molar-refractivity contribution in [3.05, 3.63) is 24.2 Å². The van der Waals surface area contributed by atoms with E-state index in [0.717, 1.165) is 23.8 Å². The second-order valence-corrected chi connectivity index (χ2v) is 3.77. The standard InChI is InChI=1S/C12H17N5O/c1-4-17-10(5-6-14-17)9-7-11(13-2)16-12(15-9)8-18-3/h5-7H,4,8H2,1-3H3,(H,13,15,16). The summed E-state index contributed by atoms with van der Waals surface area (Å²) in [6, 6.07) is 3.85. The zero-order valence-corrected chi connectivity index (χ0v) is 10.8. The van der Waals surface area contributed by atoms with Crippen molar-refractivity contribution in [1.82, 2.24) is 19.7 Å². The van der Waals surface area contributed by atoms with Crippen molar-refractivity contribution < 1.29 is 4.74 Å². The predicted octanol–water partition coefficient (Wildman–Crippen LogP) is 1.55. The van der Waals surface area contributed by atoms with Crippen LogP contribution in [0.1, 0.15) is 12.7 Å². The highest BCUT2D eigenvalue weighted by molar-refractivity contribution is 5.58. The molecule has 0 saturated heterocycles. The molecule has 0 saturated carbocycles. The average Bonchev–Trinajstić information content (AvgIpc) is 2.87. The van der Waals surface area contributed by atoms with E-state index in [2.05, 4.69) is 20.4 Å². The van der Waals surface area contributed by atoms with Crippen LogP contribution in [-0.4, -0.2) is 33.9 Å². The van der Waals surface area contributed by atoms with E-state index in [-0.39, 0.29) is 0 Å². The van der Waals surface area contributed by atoms with E-state index in [9.17, 15) is 0 Å². The third-order valence-electron chi connectivity index (χ3n) is 2.58. The van der Waals surface area contributed by atoms with Gasteiger partial charge in [0.2, 0.25) is 0 Å². The number of methoxy groups -OCH3 is 1. The molecule has 2 aromatic heterocycles. The molecule has 0 bridgehead atoms. The molecule has 0 radical (unpaired) electrons. The maximum atomic E-state index is 5.08. The fourth-order valence-electron chi connectivity index (χ4n) is 1.75. The number of nitrogens with one attached hydrogen (secondary N) is 1. The van der Waals surface area contributed by atoms with Gasteiger partial charge in [0.15, 0.2) is 5.82 Å². The molecule has 0 atom stereocenters. The van der Waals surface area contributed by atoms with Crippen molar-refractivity contribution >= 4 is 5.82 Å². The molecule has 0 unspecified atom stereocenters. The molecule has 0 fully saturated rings. The number of aryl methyl sites for hydroxylation is 1. The maximum Gasteiger partial charge on any atom is 0.157 e. The third-order valence-corrected chi connectivity index (χ3v) is 2.58. The molecule has 0 aliphatic rings. The summed E-state index contributed by atoms with van der Waals surface area (Å²) in [6.45, 7) is 3.25. The Morgan fingerprint density at radius 1 is 1.39 bits per heavy atom. The van der Waals surface area contributed by atoms with Crippen LogP contribution in [0.2, 0.25) is 0 Å². The highest BCUT2D eigenvalue weighted by Crippen LogP contribution is 2.19. The molecule has 96 valence electrons. The molecule has 6 nitrogen and oxygen atoms in total. The van der Waals surface area contributed by atoms with Gasteiger partial charge in [0.05, 0.1) is 11.4 Å². The van der Waals surface area contributed by atoms with Crippen molar-refractivity contribution in [3.63, 3.8) is 0 Å². The predicted molar refractivity (Wildman–Crippen MR) is 69.2 cm³/mol. The first-order chi connectivity index (χ1) is 8.78. The lowest BCUT2D eigenvalue weighted by atomic mass is 10.3. The Kier molecular flexibility index (Phi) is 3.88. The van der Waals surface area contributed by atoms with Crippen LogP contribution in [0.25, 0.3) is 11.4 Å². The molecule has 2 aromatic rings. The number of rotatable bonds is 5. The molecule has 0 aliphatic heterocycles. The fraction of sp³-hybridized carbons (Fsp3) is 0.417. The van der Waals surface area contributed by atoms with Gasteiger partial charge in [-0.05, 0) is 13.0 Å². The van der Waals surface area contributed by atoms with E-state index >= 15 is 0 Å². The zero-order chi connectivity index (χ0) is 13.0. The Hall–Kier alpha value is -1.95. The van der Waals surface area contributed by atoms with Crippen molar-refractivity contribution in [2.45, 2.75) is 20.1 Å². The van der Waals surface area contributed by atoms with E-state index < -0.39 is 0 Å². The van der Waals surface area contributed by atoms with Crippen LogP contribution in [0, 0.1) is 0 Å². The Morgan fingerprint density at radius 3 is 2.89 bits per heavy atom. The highest BCUT2D eigenvalue weighted by atomic mass is 16.5. The van der Waals surface area contributed by atoms with Gasteiger partial charge >= 0.3 is 0 Å². The molecule has 18 heavy (non-hydrogen) atoms. The summed E-state index contributed by atoms with van der Waals surface area (Å²) in [5.74, 6) is 1.43. The van der Waals surface area contributed by atoms with Crippen molar-refractivity contribution in [1.29, 1.82) is 0 Å². The van der Waals surface area contributed by atoms with Crippen molar-refractivity contribution in [2.75, 3.05) is 19.5 Å². The van der Waals surface area contributed by atoms with Gasteiger partial charge in [-0.1, -0.05) is 0 Å². The summed E-state index contributed by atoms with van der Waals surface area (Å²) >= 11 is 0. The topological polar surface area (TPSA) is 64.9 Å². The molecule has 0 aliphatic carbocycles. The maximum absolute atomic E-state index is 5.08. The molecule has 0 amide bonds. The molecule has 0 aromatic carbocycles. The fourth-order valence-corrected chi connectivity index (χ4v) is 1.75. The van der Waals surface area contributed by atoms with Gasteiger partial charge in [0.1, 0.15) is 12.4 Å². The van der Waals surface area contributed by atoms with E-state index in [1.807, 2.05) is 30.8 Å². The Balaban J connectivity index is 2.46. The molecule has 0 spiro atoms. The van der Waals surface area contributed by atoms with Crippen LogP contribution >= 0.6 is 0 Å². The van der Waals surface area contributed by atoms with Crippen molar-refractivity contribution in [3.8, 4) is 11.4 Å². The normalized spacial score (nSPS) is 10.6. The second-order valence-electron chi connectivity index (χ2n) is 3.77. The molecule has 2 rings (SSSR count). The quantitative estimate of drug-likeness (QED) is 0.868. The van der Waals surface area contributed by atoms with E-state index in [1.165, 1.54) is 0 Å². The summed E-state index contributed by atoms with van der Waals surface area (Å²) in [5.41, 5.74) is 1.83. The monoisotopic (exact) mass is 247 g/mol. The Morgan fingerprint density at radius 2 is 2.22 bits per heavy atom. The highest BCUT2D eigenvalue weighted by Gasteiger charge is 2.09. The van der Waals surface area contributed by atoms with Gasteiger partial charge in [-0.15, -0.1) is 0 Å². The van der Waals surface area contributed by atoms with Gasteiger partial charge in [0, 0.05) is 33.0 Å². The minimum Gasteiger partial charge on any atom is -0.377 e. The summed E-state index contributed by atoms with van der Waals surface area (Å²) in [6.07, 6.45) is 1.77. The van der Waals surface area contributed by atoms with Gasteiger partial charge in [-0.25, -0.2) is 9.97 Å². The van der Waals surface area contributed by atoms with Gasteiger partial charge in [-0.2, -0.15) is 5.10 Å². The van der Waals surface area contributed by atoms with Crippen LogP contribution in [0.3, 0.4) is 0 Å². The first-order valence-corrected chi connectivity index (χ1v) is 5.85. The summed E-state index contributed by atoms with van der Waals surface area (Å²) in [5, 5.41) is 7.28. The number of ether oxygens (including phenoxy) is 1. The number of hydrogen-bond acceptors (Lipinski definition) is 5. The number of aromatic nitrogens is 4. The minimum absolute atomic E-state index is 0.392. The molecule has 2 heterocycles. The van der Waals surface area contributed by atoms with Crippen LogP contribution < -0.4 is 5.32 Å². The van der Waals surface area contributed by atoms with Gasteiger partial charge in [0.25, 0.3) is 0 Å². The molecular formula is C12H17N5O. The van der Waals surface area contributed by atoms with Gasteiger partial charge < -0.3 is 10.1 Å². The average molecular weight is 247 g/mol. The summed E-state index contributed by atoms with van der Waals surface area (Å²) in [4.78, 5) is 8.82. The summed E-state index contributed by atoms with van der Waals surface area (Å²) < 4.78 is 6.98. The smallest absolute Gasteiger partial charge is 0.157 e. The minimum atomic E-state index is 0.392. The van der Waals surface area contributed by atoms with E-state index in [4.69, 9.17) is 4.74 Å². The lowest BCUT2D eigenvalue weighted by Gasteiger charge is -2.08. The number of hydrogen-bond donors (Lipinski definition) is 1. The lowest BCUT2D eigenvalue weighted by molar-refractivity contribution is 0.178. The Bertz CT molecular complexity index is 523. The van der Waals surface area contributed by atoms with Gasteiger partial charge in [-0.3, -0.25) is 4.68 Å². The second kappa shape index (κ2) is 5.59. The number of anilines is 1. The van der Waals surface area contributed by atoms with Crippen LogP contribution in [0.15, 0.2) is 18.3 Å². The Labute approximate surface area is 106 Å². The number of nitrogens with zero attached hydrogens (tertiary/aromatic N) is 4. The van der Waals surface area contributed by atoms with E-state index in [0.29, 0.717) is 12.4 Å². The van der Waals surface area contributed by atoms with Crippen LogP contribution in [-0.2, 0) is 17.9 Å². The van der Waals surface area contributed by atoms with Crippen LogP contribution in [0.5, 0.6) is 0 Å². The molecular weight excluding hydrogens is 230 g/mol. The molecule has 1 N–H and O–H groups in total. The van der Waals surface area contributed by atoms with E-state index in [1.54, 1.807) is 13.3 Å². The zero-order valence-electron chi connectivity index (χ0n) is 10.8. The first kappa shape index (κ1) is 12.5. The first-order valence-electron chi connectivity index (χ1n) is 5.85. The SMILES string of the molecule is CCn1nccc1-c1cc(NC)nc(COC)n1. The van der Waals surface area contributed by atoms with Crippen LogP contribution in [0.4, 0.5) is 5.82 Å². The molecule has 6 heteroatoms. The summed E-state index contributed by atoms with van der Waals surface area (Å²) in [7, 11) is 3.46. The third kappa shape index (κ3) is 2.48. The largest absolute Gasteiger partial charge is 0.377 e. The van der Waals surface area contributed by atoms with Crippen molar-refractivity contribution in [2.24, 2.45) is 0 Å².